The third-order valence-corrected chi connectivity index (χ3v) is 3.74. The Balaban J connectivity index is 1.60. The molecule has 0 aliphatic carbocycles. The minimum Gasteiger partial charge on any atom is -0.479 e. The van der Waals surface area contributed by atoms with Crippen molar-refractivity contribution in [3.05, 3.63) is 66.0 Å². The van der Waals surface area contributed by atoms with Crippen molar-refractivity contribution >= 4 is 23.6 Å². The number of nitrogens with zero attached hydrogens (tertiary/aromatic N) is 3. The summed E-state index contributed by atoms with van der Waals surface area (Å²) in [4.78, 5) is 24.4. The molecule has 0 amide bonds. The maximum Gasteiger partial charge on any atom is 0.347 e. The summed E-state index contributed by atoms with van der Waals surface area (Å²) in [5.74, 6) is 0.597. The highest BCUT2D eigenvalue weighted by Gasteiger charge is 2.17. The fourth-order valence-corrected chi connectivity index (χ4v) is 2.33. The molecule has 0 spiro atoms. The molecule has 3 N–H and O–H groups in total. The number of anilines is 3. The smallest absolute Gasteiger partial charge is 0.347 e. The molecule has 28 heavy (non-hydrogen) atoms. The lowest BCUT2D eigenvalue weighted by atomic mass is 10.2. The van der Waals surface area contributed by atoms with Crippen LogP contribution in [0.4, 0.5) is 17.6 Å². The van der Waals surface area contributed by atoms with Crippen molar-refractivity contribution in [1.82, 2.24) is 15.0 Å². The van der Waals surface area contributed by atoms with E-state index in [4.69, 9.17) is 15.2 Å². The number of para-hydroxylation sites is 1. The molecule has 0 radical (unpaired) electrons. The Bertz CT molecular complexity index is 932. The largest absolute Gasteiger partial charge is 0.479 e. The lowest BCUT2D eigenvalue weighted by molar-refractivity contribution is -0.152. The first-order chi connectivity index (χ1) is 13.5. The number of esters is 1. The lowest BCUT2D eigenvalue weighted by Crippen LogP contribution is -2.26. The van der Waals surface area contributed by atoms with Crippen LogP contribution in [0.25, 0.3) is 0 Å². The van der Waals surface area contributed by atoms with Crippen molar-refractivity contribution in [2.24, 2.45) is 0 Å². The highest BCUT2D eigenvalue weighted by Crippen LogP contribution is 2.15. The number of carbonyl (C=O) groups excluding carboxylic acids is 1. The van der Waals surface area contributed by atoms with Crippen molar-refractivity contribution in [1.29, 1.82) is 0 Å². The van der Waals surface area contributed by atoms with Gasteiger partial charge < -0.3 is 20.5 Å². The third kappa shape index (κ3) is 5.41. The molecule has 0 saturated carbocycles. The van der Waals surface area contributed by atoms with Gasteiger partial charge in [0.05, 0.1) is 0 Å². The molecule has 3 aromatic rings. The van der Waals surface area contributed by atoms with Crippen LogP contribution in [-0.4, -0.2) is 27.0 Å². The Morgan fingerprint density at radius 3 is 2.50 bits per heavy atom. The number of aryl methyl sites for hydroxylation is 1. The zero-order valence-electron chi connectivity index (χ0n) is 15.6. The second-order valence-electron chi connectivity index (χ2n) is 6.11. The normalized spacial score (nSPS) is 11.5. The molecule has 0 unspecified atom stereocenters. The van der Waals surface area contributed by atoms with Crippen LogP contribution < -0.4 is 15.8 Å². The number of nitrogens with one attached hydrogen (secondary N) is 1. The molecule has 0 aliphatic heterocycles. The summed E-state index contributed by atoms with van der Waals surface area (Å²) in [5.41, 5.74) is 7.69. The third-order valence-electron chi connectivity index (χ3n) is 3.74. The van der Waals surface area contributed by atoms with E-state index < -0.39 is 12.1 Å². The van der Waals surface area contributed by atoms with Gasteiger partial charge in [0.25, 0.3) is 0 Å². The summed E-state index contributed by atoms with van der Waals surface area (Å²) in [7, 11) is 0. The first-order valence-electron chi connectivity index (χ1n) is 8.72. The molecule has 3 rings (SSSR count). The van der Waals surface area contributed by atoms with E-state index in [1.165, 1.54) is 0 Å². The number of nitrogens with two attached hydrogens (primary N) is 1. The standard InChI is InChI=1S/C20H21N5O3/c1-13-8-10-15(11-9-13)22-20-24-17(23-19(21)25-20)12-27-18(26)14(2)28-16-6-4-3-5-7-16/h3-11,14H,12H2,1-2H3,(H3,21,22,23,24,25)/t14-/m1/s1. The quantitative estimate of drug-likeness (QED) is 0.603. The van der Waals surface area contributed by atoms with E-state index in [9.17, 15) is 4.79 Å². The number of ether oxygens (including phenoxy) is 2. The zero-order valence-corrected chi connectivity index (χ0v) is 15.6. The van der Waals surface area contributed by atoms with Gasteiger partial charge in [-0.05, 0) is 38.1 Å². The van der Waals surface area contributed by atoms with Crippen molar-refractivity contribution in [3.63, 3.8) is 0 Å². The molecule has 0 aliphatic rings. The number of aromatic nitrogens is 3. The van der Waals surface area contributed by atoms with E-state index in [-0.39, 0.29) is 24.3 Å². The second kappa shape index (κ2) is 8.81. The van der Waals surface area contributed by atoms with E-state index in [2.05, 4.69) is 20.3 Å². The second-order valence-corrected chi connectivity index (χ2v) is 6.11. The molecule has 2 aromatic carbocycles. The molecule has 0 saturated heterocycles. The Morgan fingerprint density at radius 2 is 1.79 bits per heavy atom. The molecular formula is C20H21N5O3. The van der Waals surface area contributed by atoms with Crippen LogP contribution in [0.3, 0.4) is 0 Å². The number of benzene rings is 2. The van der Waals surface area contributed by atoms with Crippen LogP contribution in [0.1, 0.15) is 18.3 Å². The number of hydrogen-bond donors (Lipinski definition) is 2. The molecule has 144 valence electrons. The topological polar surface area (TPSA) is 112 Å². The van der Waals surface area contributed by atoms with E-state index in [0.717, 1.165) is 11.3 Å². The van der Waals surface area contributed by atoms with Crippen LogP contribution in [0.5, 0.6) is 5.75 Å². The van der Waals surface area contributed by atoms with Crippen LogP contribution in [0.15, 0.2) is 54.6 Å². The summed E-state index contributed by atoms with van der Waals surface area (Å²) < 4.78 is 10.8. The summed E-state index contributed by atoms with van der Waals surface area (Å²) in [6.07, 6.45) is -0.772. The summed E-state index contributed by atoms with van der Waals surface area (Å²) in [6.45, 7) is 3.47. The summed E-state index contributed by atoms with van der Waals surface area (Å²) in [6, 6.07) is 16.8. The number of rotatable bonds is 7. The Morgan fingerprint density at radius 1 is 1.07 bits per heavy atom. The molecular weight excluding hydrogens is 358 g/mol. The van der Waals surface area contributed by atoms with Crippen molar-refractivity contribution in [3.8, 4) is 5.75 Å². The van der Waals surface area contributed by atoms with Gasteiger partial charge in [0.2, 0.25) is 11.9 Å². The molecule has 1 atom stereocenters. The molecule has 0 fully saturated rings. The van der Waals surface area contributed by atoms with Gasteiger partial charge in [-0.25, -0.2) is 4.79 Å². The van der Waals surface area contributed by atoms with Gasteiger partial charge in [-0.1, -0.05) is 35.9 Å². The van der Waals surface area contributed by atoms with Gasteiger partial charge in [0.1, 0.15) is 5.75 Å². The van der Waals surface area contributed by atoms with Gasteiger partial charge >= 0.3 is 5.97 Å². The van der Waals surface area contributed by atoms with Crippen LogP contribution in [0.2, 0.25) is 0 Å². The zero-order chi connectivity index (χ0) is 19.9. The molecule has 8 nitrogen and oxygen atoms in total. The Hall–Kier alpha value is -3.68. The van der Waals surface area contributed by atoms with Crippen molar-refractivity contribution in [2.45, 2.75) is 26.6 Å². The van der Waals surface area contributed by atoms with Gasteiger partial charge in [-0.3, -0.25) is 0 Å². The maximum absolute atomic E-state index is 12.1. The van der Waals surface area contributed by atoms with E-state index in [1.807, 2.05) is 49.4 Å². The van der Waals surface area contributed by atoms with E-state index >= 15 is 0 Å². The average Bonchev–Trinajstić information content (AvgIpc) is 2.68. The predicted octanol–water partition coefficient (Wildman–Crippen LogP) is 3.02. The highest BCUT2D eigenvalue weighted by molar-refractivity contribution is 5.74. The number of nitrogen functional groups attached to an aromatic ring is 1. The first-order valence-corrected chi connectivity index (χ1v) is 8.72. The highest BCUT2D eigenvalue weighted by atomic mass is 16.6. The predicted molar refractivity (Wildman–Crippen MR) is 105 cm³/mol. The number of carbonyl (C=O) groups is 1. The van der Waals surface area contributed by atoms with Crippen molar-refractivity contribution in [2.75, 3.05) is 11.1 Å². The first kappa shape index (κ1) is 19.1. The Labute approximate surface area is 162 Å². The molecule has 8 heteroatoms. The van der Waals surface area contributed by atoms with Gasteiger partial charge in [-0.2, -0.15) is 15.0 Å². The van der Waals surface area contributed by atoms with E-state index in [0.29, 0.717) is 5.75 Å². The van der Waals surface area contributed by atoms with Gasteiger partial charge in [-0.15, -0.1) is 0 Å². The minimum atomic E-state index is -0.772. The molecule has 1 heterocycles. The maximum atomic E-state index is 12.1. The summed E-state index contributed by atoms with van der Waals surface area (Å²) >= 11 is 0. The molecule has 1 aromatic heterocycles. The van der Waals surface area contributed by atoms with Crippen LogP contribution in [0, 0.1) is 6.92 Å². The van der Waals surface area contributed by atoms with Gasteiger partial charge in [0, 0.05) is 5.69 Å². The monoisotopic (exact) mass is 379 g/mol. The Kier molecular flexibility index (Phi) is 6.01. The average molecular weight is 379 g/mol. The van der Waals surface area contributed by atoms with Gasteiger partial charge in [0.15, 0.2) is 18.5 Å². The molecule has 0 bridgehead atoms. The SMILES string of the molecule is Cc1ccc(Nc2nc(N)nc(COC(=O)[C@@H](C)Oc3ccccc3)n2)cc1. The van der Waals surface area contributed by atoms with E-state index in [1.54, 1.807) is 19.1 Å². The lowest BCUT2D eigenvalue weighted by Gasteiger charge is -2.14. The van der Waals surface area contributed by atoms with Crippen molar-refractivity contribution < 1.29 is 14.3 Å². The minimum absolute atomic E-state index is 0.0317. The fraction of sp³-hybridized carbons (Fsp3) is 0.200. The van der Waals surface area contributed by atoms with Crippen LogP contribution in [-0.2, 0) is 16.1 Å². The fourth-order valence-electron chi connectivity index (χ4n) is 2.33. The van der Waals surface area contributed by atoms with Crippen LogP contribution >= 0.6 is 0 Å². The summed E-state index contributed by atoms with van der Waals surface area (Å²) in [5, 5.41) is 3.05. The number of hydrogen-bond acceptors (Lipinski definition) is 8.